The first-order valence-electron chi connectivity index (χ1n) is 7.29. The molecule has 0 saturated heterocycles. The lowest BCUT2D eigenvalue weighted by atomic mass is 9.91. The van der Waals surface area contributed by atoms with E-state index < -0.39 is 15.7 Å². The van der Waals surface area contributed by atoms with E-state index in [9.17, 15) is 5.21 Å². The highest BCUT2D eigenvalue weighted by molar-refractivity contribution is 5.61. The minimum Gasteiger partial charge on any atom is -0.626 e. The van der Waals surface area contributed by atoms with Gasteiger partial charge in [-0.1, -0.05) is 24.3 Å². The number of anilines is 1. The first kappa shape index (κ1) is 14.1. The second-order valence-corrected chi connectivity index (χ2v) is 6.86. The first-order valence-corrected chi connectivity index (χ1v) is 7.29. The van der Waals surface area contributed by atoms with Gasteiger partial charge in [0.15, 0.2) is 0 Å². The molecule has 1 aliphatic rings. The molecule has 0 bridgehead atoms. The van der Waals surface area contributed by atoms with Gasteiger partial charge in [-0.15, -0.1) is 0 Å². The normalized spacial score (nSPS) is 21.0. The molecule has 0 aliphatic carbocycles. The second-order valence-electron chi connectivity index (χ2n) is 6.86. The molecule has 2 aromatic rings. The lowest BCUT2D eigenvalue weighted by molar-refractivity contribution is 0.105. The highest BCUT2D eigenvalue weighted by Crippen LogP contribution is 2.57. The number of nitrogen functional groups attached to an aromatic ring is 1. The van der Waals surface area contributed by atoms with Crippen LogP contribution in [-0.2, 0) is 11.1 Å². The summed E-state index contributed by atoms with van der Waals surface area (Å²) in [5.74, 6) is 0. The van der Waals surface area contributed by atoms with Crippen molar-refractivity contribution in [1.82, 2.24) is 4.65 Å². The maximum atomic E-state index is 14.1. The van der Waals surface area contributed by atoms with Crippen LogP contribution < -0.4 is 10.4 Å². The Hall–Kier alpha value is -1.84. The van der Waals surface area contributed by atoms with E-state index in [-0.39, 0.29) is 0 Å². The largest absolute Gasteiger partial charge is 0.626 e. The summed E-state index contributed by atoms with van der Waals surface area (Å²) in [4.78, 5) is 0. The number of nitrogens with two attached hydrogens (primary N) is 1. The van der Waals surface area contributed by atoms with Crippen LogP contribution in [0.5, 0.6) is 0 Å². The Kier molecular flexibility index (Phi) is 2.75. The van der Waals surface area contributed by atoms with Gasteiger partial charge in [0.05, 0.1) is 0 Å². The Balaban J connectivity index is 2.30. The highest BCUT2D eigenvalue weighted by Gasteiger charge is 2.59. The van der Waals surface area contributed by atoms with Gasteiger partial charge in [0.25, 0.3) is 0 Å². The molecule has 0 saturated carbocycles. The smallest absolute Gasteiger partial charge is 0.134 e. The van der Waals surface area contributed by atoms with E-state index in [1.807, 2.05) is 64.1 Å². The van der Waals surface area contributed by atoms with Gasteiger partial charge in [-0.25, -0.2) is 0 Å². The SMILES string of the molecule is CC1(C)c2ccccc2C(C)(C)[N+]1([O-])c1ccc(N)cc1. The van der Waals surface area contributed by atoms with Crippen molar-refractivity contribution in [1.29, 1.82) is 0 Å². The molecule has 0 unspecified atom stereocenters. The van der Waals surface area contributed by atoms with Crippen molar-refractivity contribution < 1.29 is 0 Å². The highest BCUT2D eigenvalue weighted by atomic mass is 16.6. The van der Waals surface area contributed by atoms with Crippen molar-refractivity contribution in [2.75, 3.05) is 5.73 Å². The zero-order valence-corrected chi connectivity index (χ0v) is 13.1. The number of quaternary nitrogens is 1. The van der Waals surface area contributed by atoms with Crippen molar-refractivity contribution >= 4 is 11.4 Å². The molecule has 21 heavy (non-hydrogen) atoms. The molecule has 0 amide bonds. The third kappa shape index (κ3) is 1.56. The summed E-state index contributed by atoms with van der Waals surface area (Å²) < 4.78 is -0.403. The molecule has 3 nitrogen and oxygen atoms in total. The quantitative estimate of drug-likeness (QED) is 0.482. The summed E-state index contributed by atoms with van der Waals surface area (Å²) >= 11 is 0. The van der Waals surface area contributed by atoms with Crippen molar-refractivity contribution in [3.63, 3.8) is 0 Å². The number of benzene rings is 2. The molecule has 0 spiro atoms. The van der Waals surface area contributed by atoms with Gasteiger partial charge < -0.3 is 15.6 Å². The van der Waals surface area contributed by atoms with Crippen LogP contribution in [0.3, 0.4) is 0 Å². The van der Waals surface area contributed by atoms with Crippen LogP contribution in [0.25, 0.3) is 0 Å². The van der Waals surface area contributed by atoms with E-state index >= 15 is 0 Å². The average molecular weight is 282 g/mol. The number of hydrogen-bond donors (Lipinski definition) is 1. The molecule has 0 fully saturated rings. The predicted octanol–water partition coefficient (Wildman–Crippen LogP) is 4.26. The monoisotopic (exact) mass is 282 g/mol. The number of nitrogens with zero attached hydrogens (tertiary/aromatic N) is 1. The fourth-order valence-corrected chi connectivity index (χ4v) is 3.92. The summed E-state index contributed by atoms with van der Waals surface area (Å²) in [5, 5.41) is 14.1. The summed E-state index contributed by atoms with van der Waals surface area (Å²) in [6, 6.07) is 15.5. The lowest BCUT2D eigenvalue weighted by Gasteiger charge is -2.56. The summed E-state index contributed by atoms with van der Waals surface area (Å²) in [6.45, 7) is 8.13. The first-order chi connectivity index (χ1) is 9.73. The Morgan fingerprint density at radius 2 is 1.24 bits per heavy atom. The number of fused-ring (bicyclic) bond motifs is 1. The van der Waals surface area contributed by atoms with Crippen LogP contribution in [0.2, 0.25) is 0 Å². The molecule has 0 radical (unpaired) electrons. The van der Waals surface area contributed by atoms with Gasteiger partial charge in [-0.3, -0.25) is 0 Å². The van der Waals surface area contributed by atoms with Crippen molar-refractivity contribution in [3.8, 4) is 0 Å². The summed E-state index contributed by atoms with van der Waals surface area (Å²) in [7, 11) is 0. The number of hydroxylamine groups is 2. The van der Waals surface area contributed by atoms with E-state index in [0.717, 1.165) is 16.8 Å². The fourth-order valence-electron chi connectivity index (χ4n) is 3.92. The maximum absolute atomic E-state index is 14.1. The van der Waals surface area contributed by atoms with Crippen LogP contribution in [-0.4, -0.2) is 0 Å². The van der Waals surface area contributed by atoms with Gasteiger partial charge in [0, 0.05) is 28.9 Å². The van der Waals surface area contributed by atoms with E-state index in [0.29, 0.717) is 5.69 Å². The Bertz CT molecular complexity index is 652. The van der Waals surface area contributed by atoms with Crippen LogP contribution in [0.1, 0.15) is 38.8 Å². The molecular formula is C18H22N2O. The van der Waals surface area contributed by atoms with Crippen molar-refractivity contribution in [2.45, 2.75) is 38.8 Å². The minimum atomic E-state index is -0.545. The van der Waals surface area contributed by atoms with E-state index in [2.05, 4.69) is 12.1 Å². The fraction of sp³-hybridized carbons (Fsp3) is 0.333. The maximum Gasteiger partial charge on any atom is 0.134 e. The third-order valence-electron chi connectivity index (χ3n) is 5.08. The van der Waals surface area contributed by atoms with E-state index in [4.69, 9.17) is 5.73 Å². The molecule has 1 aliphatic heterocycles. The Labute approximate surface area is 126 Å². The predicted molar refractivity (Wildman–Crippen MR) is 88.5 cm³/mol. The van der Waals surface area contributed by atoms with Gasteiger partial charge in [0.2, 0.25) is 0 Å². The average Bonchev–Trinajstić information content (AvgIpc) is 2.57. The number of hydrogen-bond acceptors (Lipinski definition) is 2. The van der Waals surface area contributed by atoms with Crippen LogP contribution in [0, 0.1) is 5.21 Å². The van der Waals surface area contributed by atoms with Gasteiger partial charge in [-0.2, -0.15) is 0 Å². The summed E-state index contributed by atoms with van der Waals surface area (Å²) in [5.41, 5.74) is 8.37. The van der Waals surface area contributed by atoms with Gasteiger partial charge in [0.1, 0.15) is 16.8 Å². The molecule has 0 atom stereocenters. The Morgan fingerprint density at radius 1 is 0.810 bits per heavy atom. The molecule has 1 heterocycles. The molecule has 110 valence electrons. The Morgan fingerprint density at radius 3 is 1.67 bits per heavy atom. The van der Waals surface area contributed by atoms with E-state index in [1.165, 1.54) is 0 Å². The van der Waals surface area contributed by atoms with Crippen molar-refractivity contribution in [2.24, 2.45) is 0 Å². The second kappa shape index (κ2) is 4.09. The van der Waals surface area contributed by atoms with Crippen LogP contribution in [0.15, 0.2) is 48.5 Å². The third-order valence-corrected chi connectivity index (χ3v) is 5.08. The minimum absolute atomic E-state index is 0.403. The van der Waals surface area contributed by atoms with Crippen LogP contribution >= 0.6 is 0 Å². The number of rotatable bonds is 1. The topological polar surface area (TPSA) is 49.1 Å². The van der Waals surface area contributed by atoms with Gasteiger partial charge in [-0.05, 0) is 39.8 Å². The van der Waals surface area contributed by atoms with Crippen LogP contribution in [0.4, 0.5) is 11.4 Å². The molecule has 0 aromatic heterocycles. The molecule has 3 heteroatoms. The standard InChI is InChI=1S/C18H22N2O/c1-17(2)15-7-5-6-8-16(15)18(3,4)20(17,21)14-11-9-13(19)10-12-14/h5-12H,19H2,1-4H3. The molecule has 2 N–H and O–H groups in total. The molecule has 2 aromatic carbocycles. The van der Waals surface area contributed by atoms with Gasteiger partial charge >= 0.3 is 0 Å². The zero-order valence-electron chi connectivity index (χ0n) is 13.1. The molecule has 3 rings (SSSR count). The molecular weight excluding hydrogens is 260 g/mol. The van der Waals surface area contributed by atoms with Crippen molar-refractivity contribution in [3.05, 3.63) is 64.9 Å². The zero-order chi connectivity index (χ0) is 15.5. The lowest BCUT2D eigenvalue weighted by Crippen LogP contribution is -2.61. The van der Waals surface area contributed by atoms with E-state index in [1.54, 1.807) is 0 Å². The summed E-state index contributed by atoms with van der Waals surface area (Å²) in [6.07, 6.45) is 0.